The number of likely N-dealkylation sites (tertiary alicyclic amines) is 1. The molecular weight excluding hydrogens is 330 g/mol. The third-order valence-corrected chi connectivity index (χ3v) is 4.25. The summed E-state index contributed by atoms with van der Waals surface area (Å²) in [5.41, 5.74) is 3.14. The number of nitrogens with one attached hydrogen (secondary N) is 2. The van der Waals surface area contributed by atoms with Gasteiger partial charge in [-0.15, -0.1) is 0 Å². The maximum Gasteiger partial charge on any atom is 0.317 e. The Morgan fingerprint density at radius 1 is 1.40 bits per heavy atom. The van der Waals surface area contributed by atoms with Crippen molar-refractivity contribution in [1.29, 1.82) is 0 Å². The molecule has 4 heterocycles. The molecule has 3 aromatic rings. The fourth-order valence-corrected chi connectivity index (χ4v) is 2.95. The minimum Gasteiger partial charge on any atom is -0.346 e. The van der Waals surface area contributed by atoms with Crippen LogP contribution in [0.1, 0.15) is 6.42 Å². The zero-order valence-corrected chi connectivity index (χ0v) is 13.3. The second-order valence-corrected chi connectivity index (χ2v) is 6.11. The zero-order chi connectivity index (χ0) is 17.6. The van der Waals surface area contributed by atoms with Crippen LogP contribution in [0.4, 0.5) is 13.6 Å². The van der Waals surface area contributed by atoms with Gasteiger partial charge in [0, 0.05) is 30.2 Å². The fourth-order valence-electron chi connectivity index (χ4n) is 2.95. The first-order chi connectivity index (χ1) is 11.9. The van der Waals surface area contributed by atoms with Gasteiger partial charge in [-0.2, -0.15) is 0 Å². The Morgan fingerprint density at radius 2 is 2.20 bits per heavy atom. The number of urea groups is 1. The number of halogens is 2. The van der Waals surface area contributed by atoms with Crippen molar-refractivity contribution >= 4 is 33.8 Å². The Morgan fingerprint density at radius 3 is 2.96 bits per heavy atom. The van der Waals surface area contributed by atoms with Gasteiger partial charge in [0.1, 0.15) is 17.5 Å². The number of nitrogens with zero attached hydrogens (tertiary/aromatic N) is 4. The van der Waals surface area contributed by atoms with Gasteiger partial charge >= 0.3 is 6.03 Å². The van der Waals surface area contributed by atoms with Gasteiger partial charge in [-0.25, -0.2) is 23.5 Å². The second-order valence-electron chi connectivity index (χ2n) is 6.11. The van der Waals surface area contributed by atoms with Crippen LogP contribution in [-0.4, -0.2) is 56.0 Å². The summed E-state index contributed by atoms with van der Waals surface area (Å²) in [6.07, 6.45) is 5.62. The van der Waals surface area contributed by atoms with E-state index in [0.717, 1.165) is 32.7 Å². The van der Waals surface area contributed by atoms with Crippen molar-refractivity contribution < 1.29 is 13.6 Å². The molecule has 0 aromatic carbocycles. The van der Waals surface area contributed by atoms with Crippen LogP contribution in [0.5, 0.6) is 0 Å². The van der Waals surface area contributed by atoms with Crippen LogP contribution in [0.25, 0.3) is 27.8 Å². The first-order valence-electron chi connectivity index (χ1n) is 7.82. The first kappa shape index (κ1) is 15.6. The lowest BCUT2D eigenvalue weighted by molar-refractivity contribution is -0.109. The summed E-state index contributed by atoms with van der Waals surface area (Å²) in [5.74, 6) is -2.76. The highest BCUT2D eigenvalue weighted by Crippen LogP contribution is 2.27. The molecule has 1 fully saturated rings. The van der Waals surface area contributed by atoms with Crippen LogP contribution in [0.2, 0.25) is 0 Å². The predicted octanol–water partition coefficient (Wildman–Crippen LogP) is 2.43. The summed E-state index contributed by atoms with van der Waals surface area (Å²) < 4.78 is 27.4. The summed E-state index contributed by atoms with van der Waals surface area (Å²) in [4.78, 5) is 24.5. The van der Waals surface area contributed by atoms with Crippen LogP contribution in [0.3, 0.4) is 0 Å². The highest BCUT2D eigenvalue weighted by Gasteiger charge is 2.46. The molecule has 2 amide bonds. The van der Waals surface area contributed by atoms with Crippen LogP contribution < -0.4 is 5.32 Å². The molecule has 25 heavy (non-hydrogen) atoms. The van der Waals surface area contributed by atoms with Crippen molar-refractivity contribution in [1.82, 2.24) is 29.7 Å². The van der Waals surface area contributed by atoms with Gasteiger partial charge in [0.15, 0.2) is 0 Å². The van der Waals surface area contributed by atoms with Crippen LogP contribution in [0, 0.1) is 0 Å². The van der Waals surface area contributed by atoms with Gasteiger partial charge in [-0.1, -0.05) is 6.58 Å². The molecule has 0 atom stereocenters. The molecule has 2 N–H and O–H groups in total. The highest BCUT2D eigenvalue weighted by molar-refractivity contribution is 6.02. The molecule has 3 aromatic heterocycles. The van der Waals surface area contributed by atoms with E-state index in [4.69, 9.17) is 0 Å². The van der Waals surface area contributed by atoms with E-state index in [9.17, 15) is 13.6 Å². The molecule has 0 saturated carbocycles. The molecule has 0 spiro atoms. The smallest absolute Gasteiger partial charge is 0.317 e. The lowest BCUT2D eigenvalue weighted by atomic mass is 10.2. The van der Waals surface area contributed by atoms with Crippen molar-refractivity contribution in [3.63, 3.8) is 0 Å². The number of H-pyrrole nitrogens is 1. The number of alkyl halides is 2. The SMILES string of the molecule is C=C(CCNC(=O)N1CC(F)(F)C1)n1cnc2cnc3[nH]ccc3c21. The number of hydrogen-bond donors (Lipinski definition) is 2. The predicted molar refractivity (Wildman–Crippen MR) is 89.3 cm³/mol. The second kappa shape index (κ2) is 5.54. The number of pyridine rings is 1. The van der Waals surface area contributed by atoms with Gasteiger partial charge in [0.05, 0.1) is 24.8 Å². The number of aromatic nitrogens is 4. The summed E-state index contributed by atoms with van der Waals surface area (Å²) in [5, 5.41) is 3.57. The number of rotatable bonds is 4. The fraction of sp³-hybridized carbons (Fsp3) is 0.312. The molecule has 0 unspecified atom stereocenters. The van der Waals surface area contributed by atoms with Gasteiger partial charge < -0.3 is 19.8 Å². The van der Waals surface area contributed by atoms with Gasteiger partial charge in [-0.3, -0.25) is 0 Å². The minimum atomic E-state index is -2.76. The van der Waals surface area contributed by atoms with Crippen LogP contribution >= 0.6 is 0 Å². The zero-order valence-electron chi connectivity index (χ0n) is 13.3. The molecule has 1 aliphatic heterocycles. The normalized spacial score (nSPS) is 16.2. The van der Waals surface area contributed by atoms with Crippen molar-refractivity contribution in [3.05, 3.63) is 31.4 Å². The molecule has 130 valence electrons. The Balaban J connectivity index is 1.43. The molecule has 0 radical (unpaired) electrons. The average molecular weight is 346 g/mol. The number of carbonyl (C=O) groups is 1. The van der Waals surface area contributed by atoms with Gasteiger partial charge in [0.25, 0.3) is 5.92 Å². The van der Waals surface area contributed by atoms with E-state index >= 15 is 0 Å². The number of fused-ring (bicyclic) bond motifs is 3. The van der Waals surface area contributed by atoms with E-state index in [1.54, 1.807) is 18.7 Å². The molecule has 9 heteroatoms. The molecule has 0 aliphatic carbocycles. The Kier molecular flexibility index (Phi) is 3.45. The third kappa shape index (κ3) is 2.71. The molecule has 7 nitrogen and oxygen atoms in total. The van der Waals surface area contributed by atoms with Crippen molar-refractivity contribution in [2.75, 3.05) is 19.6 Å². The Hall–Kier alpha value is -2.97. The van der Waals surface area contributed by atoms with E-state index in [2.05, 4.69) is 26.8 Å². The number of amides is 2. The summed E-state index contributed by atoms with van der Waals surface area (Å²) in [6.45, 7) is 3.30. The van der Waals surface area contributed by atoms with Crippen molar-refractivity contribution in [2.24, 2.45) is 0 Å². The van der Waals surface area contributed by atoms with Gasteiger partial charge in [0.2, 0.25) is 0 Å². The monoisotopic (exact) mass is 346 g/mol. The molecule has 1 aliphatic rings. The standard InChI is InChI=1S/C16H16F2N6O/c1-10(2-4-20-15(25)23-7-16(17,18)8-23)24-9-22-12-6-21-14-11(13(12)24)3-5-19-14/h3,5-6,9H,1-2,4,7-8H2,(H,19,21)(H,20,25). The average Bonchev–Trinajstić information content (AvgIpc) is 3.17. The summed E-state index contributed by atoms with van der Waals surface area (Å²) >= 11 is 0. The highest BCUT2D eigenvalue weighted by atomic mass is 19.3. The van der Waals surface area contributed by atoms with E-state index in [-0.39, 0.29) is 0 Å². The lowest BCUT2D eigenvalue weighted by Crippen LogP contribution is -2.60. The Labute approximate surface area is 141 Å². The third-order valence-electron chi connectivity index (χ3n) is 4.25. The number of carbonyl (C=O) groups excluding carboxylic acids is 1. The van der Waals surface area contributed by atoms with Gasteiger partial charge in [-0.05, 0) is 6.07 Å². The van der Waals surface area contributed by atoms with Crippen LogP contribution in [-0.2, 0) is 0 Å². The number of aromatic amines is 1. The minimum absolute atomic E-state index is 0.306. The molecular formula is C16H16F2N6O. The Bertz CT molecular complexity index is 967. The van der Waals surface area contributed by atoms with E-state index in [1.165, 1.54) is 0 Å². The van der Waals surface area contributed by atoms with Crippen molar-refractivity contribution in [3.8, 4) is 0 Å². The van der Waals surface area contributed by atoms with Crippen molar-refractivity contribution in [2.45, 2.75) is 12.3 Å². The molecule has 4 rings (SSSR count). The maximum absolute atomic E-state index is 12.8. The number of hydrogen-bond acceptors (Lipinski definition) is 3. The number of imidazole rings is 1. The van der Waals surface area contributed by atoms with E-state index < -0.39 is 25.0 Å². The lowest BCUT2D eigenvalue weighted by Gasteiger charge is -2.38. The topological polar surface area (TPSA) is 78.8 Å². The first-order valence-corrected chi connectivity index (χ1v) is 7.82. The molecule has 0 bridgehead atoms. The van der Waals surface area contributed by atoms with E-state index in [1.807, 2.05) is 10.6 Å². The van der Waals surface area contributed by atoms with Crippen LogP contribution in [0.15, 0.2) is 31.4 Å². The summed E-state index contributed by atoms with van der Waals surface area (Å²) in [6, 6.07) is 1.44. The quantitative estimate of drug-likeness (QED) is 0.761. The largest absolute Gasteiger partial charge is 0.346 e. The maximum atomic E-state index is 12.8. The van der Waals surface area contributed by atoms with E-state index in [0.29, 0.717) is 13.0 Å². The molecule has 1 saturated heterocycles. The summed E-state index contributed by atoms with van der Waals surface area (Å²) in [7, 11) is 0.